The van der Waals surface area contributed by atoms with Gasteiger partial charge in [-0.15, -0.1) is 0 Å². The van der Waals surface area contributed by atoms with E-state index in [1.165, 1.54) is 7.11 Å². The number of urea groups is 1. The molecule has 9 heteroatoms. The molecule has 4 rings (SSSR count). The van der Waals surface area contributed by atoms with Crippen LogP contribution in [0.5, 0.6) is 11.5 Å². The van der Waals surface area contributed by atoms with Crippen LogP contribution >= 0.6 is 0 Å². The highest BCUT2D eigenvalue weighted by molar-refractivity contribution is 5.95. The molecule has 1 unspecified atom stereocenters. The van der Waals surface area contributed by atoms with E-state index in [2.05, 4.69) is 32.6 Å². The van der Waals surface area contributed by atoms with Gasteiger partial charge in [0.25, 0.3) is 0 Å². The lowest BCUT2D eigenvalue weighted by Gasteiger charge is -2.38. The number of ether oxygens (including phenoxy) is 3. The average Bonchev–Trinajstić information content (AvgIpc) is 2.88. The summed E-state index contributed by atoms with van der Waals surface area (Å²) >= 11 is 0. The molecule has 0 aliphatic carbocycles. The van der Waals surface area contributed by atoms with E-state index in [0.29, 0.717) is 23.6 Å². The van der Waals surface area contributed by atoms with Crippen LogP contribution in [0.1, 0.15) is 11.6 Å². The second-order valence-corrected chi connectivity index (χ2v) is 8.15. The van der Waals surface area contributed by atoms with Crippen LogP contribution in [0.25, 0.3) is 0 Å². The Balaban J connectivity index is 1.51. The fraction of sp³-hybridized carbons (Fsp3) is 0.360. The molecule has 1 fully saturated rings. The number of anilines is 1. The zero-order valence-electron chi connectivity index (χ0n) is 19.7. The SMILES string of the molecule is COC(=O)C1=C(CN2CCN(c3ccc(OC)cc3)CC2)NC(=O)NC1c1ccc(OC)cc1. The summed E-state index contributed by atoms with van der Waals surface area (Å²) in [5.74, 6) is 1.06. The van der Waals surface area contributed by atoms with E-state index in [0.717, 1.165) is 43.2 Å². The van der Waals surface area contributed by atoms with Crippen LogP contribution in [0.3, 0.4) is 0 Å². The quantitative estimate of drug-likeness (QED) is 0.605. The monoisotopic (exact) mass is 466 g/mol. The van der Waals surface area contributed by atoms with E-state index in [9.17, 15) is 9.59 Å². The van der Waals surface area contributed by atoms with Crippen molar-refractivity contribution in [1.29, 1.82) is 0 Å². The summed E-state index contributed by atoms with van der Waals surface area (Å²) in [7, 11) is 4.60. The molecule has 0 radical (unpaired) electrons. The number of hydrogen-bond acceptors (Lipinski definition) is 7. The summed E-state index contributed by atoms with van der Waals surface area (Å²) < 4.78 is 15.6. The van der Waals surface area contributed by atoms with Gasteiger partial charge in [0.2, 0.25) is 0 Å². The molecule has 0 saturated carbocycles. The van der Waals surface area contributed by atoms with Gasteiger partial charge in [0.1, 0.15) is 11.5 Å². The third kappa shape index (κ3) is 5.09. The zero-order valence-corrected chi connectivity index (χ0v) is 19.7. The highest BCUT2D eigenvalue weighted by atomic mass is 16.5. The number of hydrogen-bond donors (Lipinski definition) is 2. The molecule has 9 nitrogen and oxygen atoms in total. The van der Waals surface area contributed by atoms with Crippen molar-refractivity contribution in [3.63, 3.8) is 0 Å². The summed E-state index contributed by atoms with van der Waals surface area (Å²) in [5, 5.41) is 5.70. The molecule has 34 heavy (non-hydrogen) atoms. The highest BCUT2D eigenvalue weighted by Crippen LogP contribution is 2.29. The molecule has 2 heterocycles. The summed E-state index contributed by atoms with van der Waals surface area (Å²) in [6.45, 7) is 3.70. The van der Waals surface area contributed by atoms with Crippen LogP contribution in [0.4, 0.5) is 10.5 Å². The van der Waals surface area contributed by atoms with Crippen molar-refractivity contribution in [3.8, 4) is 11.5 Å². The Hall–Kier alpha value is -3.72. The molecular formula is C25H30N4O5. The number of carbonyl (C=O) groups excluding carboxylic acids is 2. The lowest BCUT2D eigenvalue weighted by molar-refractivity contribution is -0.136. The Labute approximate surface area is 199 Å². The minimum absolute atomic E-state index is 0.347. The third-order valence-corrected chi connectivity index (χ3v) is 6.20. The van der Waals surface area contributed by atoms with Gasteiger partial charge in [0.15, 0.2) is 0 Å². The molecule has 1 atom stereocenters. The molecule has 2 aliphatic rings. The number of benzene rings is 2. The van der Waals surface area contributed by atoms with Crippen molar-refractivity contribution in [2.24, 2.45) is 0 Å². The van der Waals surface area contributed by atoms with Gasteiger partial charge in [0.05, 0.1) is 32.9 Å². The van der Waals surface area contributed by atoms with Crippen LogP contribution < -0.4 is 25.0 Å². The van der Waals surface area contributed by atoms with Crippen LogP contribution in [-0.2, 0) is 9.53 Å². The first-order valence-corrected chi connectivity index (χ1v) is 11.2. The number of piperazine rings is 1. The Kier molecular flexibility index (Phi) is 7.22. The molecule has 0 aromatic heterocycles. The molecule has 1 saturated heterocycles. The Bertz CT molecular complexity index is 1040. The zero-order chi connectivity index (χ0) is 24.1. The summed E-state index contributed by atoms with van der Waals surface area (Å²) in [6, 6.07) is 14.3. The van der Waals surface area contributed by atoms with Crippen molar-refractivity contribution >= 4 is 17.7 Å². The minimum atomic E-state index is -0.609. The number of carbonyl (C=O) groups is 2. The van der Waals surface area contributed by atoms with E-state index in [4.69, 9.17) is 14.2 Å². The molecule has 0 bridgehead atoms. The number of nitrogens with zero attached hydrogens (tertiary/aromatic N) is 2. The fourth-order valence-corrected chi connectivity index (χ4v) is 4.32. The first kappa shape index (κ1) is 23.4. The fourth-order valence-electron chi connectivity index (χ4n) is 4.32. The van der Waals surface area contributed by atoms with Crippen molar-refractivity contribution in [3.05, 3.63) is 65.4 Å². The Morgan fingerprint density at radius 3 is 2.06 bits per heavy atom. The first-order chi connectivity index (χ1) is 16.5. The van der Waals surface area contributed by atoms with Gasteiger partial charge < -0.3 is 29.7 Å². The maximum atomic E-state index is 12.8. The molecule has 180 valence electrons. The summed E-state index contributed by atoms with van der Waals surface area (Å²) in [6.07, 6.45) is 0. The number of esters is 1. The standard InChI is InChI=1S/C25H30N4O5/c1-32-19-8-4-17(5-9-19)23-22(24(30)34-3)21(26-25(31)27-23)16-28-12-14-29(15-13-28)18-6-10-20(33-2)11-7-18/h4-11,23H,12-16H2,1-3H3,(H2,26,27,31). The molecule has 2 amide bonds. The molecule has 2 aromatic rings. The van der Waals surface area contributed by atoms with Gasteiger partial charge in [-0.05, 0) is 42.0 Å². The van der Waals surface area contributed by atoms with Crippen molar-refractivity contribution < 1.29 is 23.8 Å². The van der Waals surface area contributed by atoms with Gasteiger partial charge in [0, 0.05) is 44.1 Å². The van der Waals surface area contributed by atoms with E-state index < -0.39 is 12.0 Å². The van der Waals surface area contributed by atoms with Crippen LogP contribution in [-0.4, -0.2) is 71.0 Å². The molecule has 2 N–H and O–H groups in total. The van der Waals surface area contributed by atoms with E-state index >= 15 is 0 Å². The molecule has 0 spiro atoms. The lowest BCUT2D eigenvalue weighted by Crippen LogP contribution is -2.51. The Morgan fingerprint density at radius 1 is 0.912 bits per heavy atom. The predicted octanol–water partition coefficient (Wildman–Crippen LogP) is 2.31. The number of amides is 2. The number of methoxy groups -OCH3 is 3. The van der Waals surface area contributed by atoms with E-state index in [1.54, 1.807) is 26.4 Å². The van der Waals surface area contributed by atoms with Gasteiger partial charge in [-0.25, -0.2) is 9.59 Å². The van der Waals surface area contributed by atoms with E-state index in [1.807, 2.05) is 24.3 Å². The normalized spacial score (nSPS) is 18.7. The van der Waals surface area contributed by atoms with Gasteiger partial charge in [-0.1, -0.05) is 12.1 Å². The summed E-state index contributed by atoms with van der Waals surface area (Å²) in [5.41, 5.74) is 2.89. The number of rotatable bonds is 7. The molecule has 2 aromatic carbocycles. The largest absolute Gasteiger partial charge is 0.497 e. The smallest absolute Gasteiger partial charge is 0.338 e. The molecule has 2 aliphatic heterocycles. The van der Waals surface area contributed by atoms with Crippen molar-refractivity contribution in [1.82, 2.24) is 15.5 Å². The second kappa shape index (κ2) is 10.5. The topological polar surface area (TPSA) is 92.4 Å². The lowest BCUT2D eigenvalue weighted by atomic mass is 9.95. The van der Waals surface area contributed by atoms with Gasteiger partial charge in [-0.2, -0.15) is 0 Å². The predicted molar refractivity (Wildman–Crippen MR) is 128 cm³/mol. The number of nitrogens with one attached hydrogen (secondary N) is 2. The van der Waals surface area contributed by atoms with Gasteiger partial charge >= 0.3 is 12.0 Å². The third-order valence-electron chi connectivity index (χ3n) is 6.20. The summed E-state index contributed by atoms with van der Waals surface area (Å²) in [4.78, 5) is 29.8. The van der Waals surface area contributed by atoms with Crippen LogP contribution in [0.2, 0.25) is 0 Å². The van der Waals surface area contributed by atoms with Gasteiger partial charge in [-0.3, -0.25) is 4.90 Å². The molecular weight excluding hydrogens is 436 g/mol. The van der Waals surface area contributed by atoms with Crippen molar-refractivity contribution in [2.45, 2.75) is 6.04 Å². The highest BCUT2D eigenvalue weighted by Gasteiger charge is 2.34. The van der Waals surface area contributed by atoms with E-state index in [-0.39, 0.29) is 6.03 Å². The second-order valence-electron chi connectivity index (χ2n) is 8.15. The first-order valence-electron chi connectivity index (χ1n) is 11.2. The van der Waals surface area contributed by atoms with Crippen LogP contribution in [0.15, 0.2) is 59.8 Å². The maximum Gasteiger partial charge on any atom is 0.338 e. The average molecular weight is 467 g/mol. The van der Waals surface area contributed by atoms with Crippen molar-refractivity contribution in [2.75, 3.05) is 59.0 Å². The van der Waals surface area contributed by atoms with Crippen LogP contribution in [0, 0.1) is 0 Å². The Morgan fingerprint density at radius 2 is 1.50 bits per heavy atom. The maximum absolute atomic E-state index is 12.8. The minimum Gasteiger partial charge on any atom is -0.497 e.